The summed E-state index contributed by atoms with van der Waals surface area (Å²) in [5.41, 5.74) is 14.4. The van der Waals surface area contributed by atoms with Crippen LogP contribution in [0.25, 0.3) is 97.4 Å². The van der Waals surface area contributed by atoms with Crippen molar-refractivity contribution in [3.05, 3.63) is 217 Å². The van der Waals surface area contributed by atoms with Crippen molar-refractivity contribution in [2.45, 2.75) is 57.8 Å². The first-order valence-corrected chi connectivity index (χ1v) is 30.8. The molecule has 0 bridgehead atoms. The van der Waals surface area contributed by atoms with Crippen LogP contribution in [0.3, 0.4) is 0 Å². The zero-order valence-corrected chi connectivity index (χ0v) is 49.5. The van der Waals surface area contributed by atoms with E-state index in [1.165, 1.54) is 98.1 Å². The van der Waals surface area contributed by atoms with Gasteiger partial charge in [-0.05, 0) is 149 Å². The average molecular weight is 1230 g/mol. The molecule has 3 aliphatic carbocycles. The van der Waals surface area contributed by atoms with Gasteiger partial charge >= 0.3 is 0 Å². The van der Waals surface area contributed by atoms with Gasteiger partial charge in [-0.25, -0.2) is 4.39 Å². The van der Waals surface area contributed by atoms with Crippen LogP contribution in [0, 0.1) is 5.82 Å². The number of aryl methyl sites for hydroxylation is 6. The Labute approximate surface area is 506 Å². The predicted octanol–water partition coefficient (Wildman–Crippen LogP) is 17.5. The van der Waals surface area contributed by atoms with E-state index >= 15 is 0 Å². The molecule has 0 radical (unpaired) electrons. The highest BCUT2D eigenvalue weighted by molar-refractivity contribution is 7.24. The first-order valence-electron chi connectivity index (χ1n) is 27.3. The third-order valence-electron chi connectivity index (χ3n) is 16.1. The molecule has 3 aliphatic rings. The Morgan fingerprint density at radius 3 is 1.13 bits per heavy atom. The van der Waals surface area contributed by atoms with Gasteiger partial charge in [0.05, 0.1) is 40.0 Å². The van der Waals surface area contributed by atoms with Crippen molar-refractivity contribution < 1.29 is 24.4 Å². The molecule has 17 heteroatoms. The summed E-state index contributed by atoms with van der Waals surface area (Å²) in [5, 5.41) is 35.0. The summed E-state index contributed by atoms with van der Waals surface area (Å²) >= 11 is 23.5. The Morgan fingerprint density at radius 1 is 0.405 bits per heavy atom. The first-order chi connectivity index (χ1) is 40.7. The van der Waals surface area contributed by atoms with Crippen LogP contribution in [0.5, 0.6) is 23.0 Å². The molecule has 6 N–H and O–H groups in total. The summed E-state index contributed by atoms with van der Waals surface area (Å²) < 4.78 is 20.2. The number of ether oxygens (including phenoxy) is 1. The number of hydrogen-bond donors (Lipinski definition) is 6. The van der Waals surface area contributed by atoms with E-state index in [0.29, 0.717) is 71.7 Å². The highest BCUT2D eigenvalue weighted by Crippen LogP contribution is 2.51. The van der Waals surface area contributed by atoms with E-state index in [4.69, 9.17) is 39.5 Å². The lowest BCUT2D eigenvalue weighted by molar-refractivity contribution is 0.415. The molecule has 0 saturated carbocycles. The molecule has 84 heavy (non-hydrogen) atoms. The fourth-order valence-corrected chi connectivity index (χ4v) is 16.2. The molecule has 0 unspecified atom stereocenters. The standard InChI is InChI=1S/C23H18ClNO3S.C22H15ClFNO2S.C22H16ClNO2S/c1-28-16-7-3-6-14(11-16)18-20(26)19-17(21(24)29-23(19)25-22(18)27)15-9-8-12-4-2-5-13(12)10-15;23-20-16(14-5-4-11-2-1-3-13(11)10-14)18-19(26)17(21(27)25-22(18)28-20)12-6-8-15(24)9-7-12;23-20-16(15-10-9-12-7-4-8-14(12)11-15)18-19(25)17(13-5-2-1-3-6-13)21(26)24-22(18)27-20/h3,6-11H,2,4-5H2,1H3,(H2,25,26,27);4-10H,1-3H2,(H2,25,26,27);1-3,5-6,9-11H,4,7-8H2,(H2,24,25,26). The van der Waals surface area contributed by atoms with Crippen molar-refractivity contribution in [1.29, 1.82) is 0 Å². The Kier molecular flexibility index (Phi) is 14.8. The van der Waals surface area contributed by atoms with Crippen molar-refractivity contribution in [3.8, 4) is 89.8 Å². The number of halogens is 4. The molecule has 6 heterocycles. The number of aromatic nitrogens is 3. The Bertz CT molecular complexity index is 4810. The number of benzene rings is 6. The predicted molar refractivity (Wildman–Crippen MR) is 343 cm³/mol. The largest absolute Gasteiger partial charge is 0.506 e. The highest BCUT2D eigenvalue weighted by Gasteiger charge is 2.27. The van der Waals surface area contributed by atoms with Crippen molar-refractivity contribution in [1.82, 2.24) is 15.0 Å². The van der Waals surface area contributed by atoms with Gasteiger partial charge in [0.15, 0.2) is 0 Å². The monoisotopic (exact) mass is 1230 g/mol. The average Bonchev–Trinajstić information content (AvgIpc) is 4.06. The Morgan fingerprint density at radius 2 is 0.738 bits per heavy atom. The second-order valence-electron chi connectivity index (χ2n) is 21.0. The molecule has 6 aromatic carbocycles. The zero-order chi connectivity index (χ0) is 58.1. The minimum atomic E-state index is -0.435. The topological polar surface area (TPSA) is 168 Å². The van der Waals surface area contributed by atoms with Crippen molar-refractivity contribution >= 4 is 99.5 Å². The molecular formula is C67H49Cl3FN3O7S3. The van der Waals surface area contributed by atoms with Crippen LogP contribution in [0.2, 0.25) is 13.0 Å². The molecule has 0 spiro atoms. The molecule has 15 rings (SSSR count). The number of aromatic hydroxyl groups is 3. The Balaban J connectivity index is 0.000000118. The number of fused-ring (bicyclic) bond motifs is 6. The molecule has 0 aliphatic heterocycles. The molecular weight excluding hydrogens is 1180 g/mol. The second-order valence-corrected chi connectivity index (χ2v) is 25.9. The molecule has 0 fully saturated rings. The molecule has 12 aromatic rings. The van der Waals surface area contributed by atoms with Crippen LogP contribution in [0.4, 0.5) is 4.39 Å². The van der Waals surface area contributed by atoms with Crippen LogP contribution in [0.1, 0.15) is 52.6 Å². The number of aromatic amines is 3. The van der Waals surface area contributed by atoms with Gasteiger partial charge in [0.1, 0.15) is 56.3 Å². The van der Waals surface area contributed by atoms with E-state index < -0.39 is 11.4 Å². The molecule has 0 saturated heterocycles. The third-order valence-corrected chi connectivity index (χ3v) is 20.0. The molecule has 10 nitrogen and oxygen atoms in total. The first kappa shape index (κ1) is 55.3. The van der Waals surface area contributed by atoms with Crippen molar-refractivity contribution in [2.75, 3.05) is 7.11 Å². The lowest BCUT2D eigenvalue weighted by Crippen LogP contribution is -2.08. The van der Waals surface area contributed by atoms with Crippen LogP contribution >= 0.6 is 68.8 Å². The fourth-order valence-electron chi connectivity index (χ4n) is 12.1. The van der Waals surface area contributed by atoms with Gasteiger partial charge in [-0.3, -0.25) is 14.4 Å². The maximum absolute atomic E-state index is 13.3. The van der Waals surface area contributed by atoms with Crippen LogP contribution in [0.15, 0.2) is 148 Å². The smallest absolute Gasteiger partial charge is 0.260 e. The SMILES string of the molecule is COc1cccc(-c2c(O)c3c(-c4ccc5c(c4)CCC5)c(Cl)sc3[nH]c2=O)c1.O=c1[nH]c2sc(Cl)c(-c3ccc4c(c3)CCC4)c2c(O)c1-c1ccc(F)cc1.O=c1[nH]c2sc(Cl)c(-c3ccc4c(c3)CCC4)c2c(O)c1-c1ccccc1. The molecule has 0 amide bonds. The molecule has 420 valence electrons. The van der Waals surface area contributed by atoms with Crippen LogP contribution in [-0.2, 0) is 38.5 Å². The van der Waals surface area contributed by atoms with E-state index in [9.17, 15) is 34.1 Å². The maximum atomic E-state index is 13.3. The Hall–Kier alpha value is -7.95. The minimum Gasteiger partial charge on any atom is -0.506 e. The number of rotatable bonds is 7. The van der Waals surface area contributed by atoms with Crippen LogP contribution in [-0.4, -0.2) is 37.4 Å². The highest BCUT2D eigenvalue weighted by atomic mass is 35.5. The summed E-state index contributed by atoms with van der Waals surface area (Å²) in [6.45, 7) is 0. The number of thiophene rings is 3. The van der Waals surface area contributed by atoms with Gasteiger partial charge in [0, 0.05) is 16.7 Å². The normalized spacial score (nSPS) is 13.2. The quantitative estimate of drug-likeness (QED) is 0.0923. The van der Waals surface area contributed by atoms with E-state index in [2.05, 4.69) is 57.4 Å². The number of H-pyrrole nitrogens is 3. The van der Waals surface area contributed by atoms with E-state index in [1.807, 2.05) is 42.5 Å². The summed E-state index contributed by atoms with van der Waals surface area (Å²) in [7, 11) is 1.57. The number of pyridine rings is 3. The number of hydrogen-bond acceptors (Lipinski definition) is 10. The lowest BCUT2D eigenvalue weighted by Gasteiger charge is -2.10. The summed E-state index contributed by atoms with van der Waals surface area (Å²) in [5.74, 6) is 0.00000410. The molecule has 6 aromatic heterocycles. The van der Waals surface area contributed by atoms with Gasteiger partial charge in [0.25, 0.3) is 16.7 Å². The van der Waals surface area contributed by atoms with Gasteiger partial charge in [-0.15, -0.1) is 34.0 Å². The van der Waals surface area contributed by atoms with Gasteiger partial charge in [-0.2, -0.15) is 0 Å². The number of nitrogens with one attached hydrogen (secondary N) is 3. The molecule has 0 atom stereocenters. The van der Waals surface area contributed by atoms with E-state index in [0.717, 1.165) is 79.2 Å². The number of methoxy groups -OCH3 is 1. The van der Waals surface area contributed by atoms with Gasteiger partial charge in [-0.1, -0.05) is 144 Å². The summed E-state index contributed by atoms with van der Waals surface area (Å²) in [4.78, 5) is 48.3. The van der Waals surface area contributed by atoms with Crippen molar-refractivity contribution in [2.24, 2.45) is 0 Å². The van der Waals surface area contributed by atoms with Gasteiger partial charge < -0.3 is 35.0 Å². The van der Waals surface area contributed by atoms with Crippen molar-refractivity contribution in [3.63, 3.8) is 0 Å². The van der Waals surface area contributed by atoms with Crippen LogP contribution < -0.4 is 21.4 Å². The van der Waals surface area contributed by atoms with E-state index in [-0.39, 0.29) is 45.1 Å². The second kappa shape index (κ2) is 22.6. The minimum absolute atomic E-state index is 0.0152. The lowest BCUT2D eigenvalue weighted by atomic mass is 9.98. The zero-order valence-electron chi connectivity index (χ0n) is 44.8. The van der Waals surface area contributed by atoms with Gasteiger partial charge in [0.2, 0.25) is 0 Å². The maximum Gasteiger partial charge on any atom is 0.260 e. The van der Waals surface area contributed by atoms with E-state index in [1.54, 1.807) is 31.4 Å². The third kappa shape index (κ3) is 9.97. The summed E-state index contributed by atoms with van der Waals surface area (Å²) in [6, 6.07) is 40.8. The summed E-state index contributed by atoms with van der Waals surface area (Å²) in [6.07, 6.45) is 9.94. The fraction of sp³-hybridized carbons (Fsp3) is 0.149.